The molecule has 5 heteroatoms. The normalized spacial score (nSPS) is 16.2. The lowest BCUT2D eigenvalue weighted by Gasteiger charge is -2.30. The van der Waals surface area contributed by atoms with Gasteiger partial charge in [0.05, 0.1) is 39.9 Å². The molecular formula is C87H63N5. The van der Waals surface area contributed by atoms with Crippen molar-refractivity contribution in [3.63, 3.8) is 0 Å². The van der Waals surface area contributed by atoms with Gasteiger partial charge in [0.15, 0.2) is 5.82 Å². The number of nitrogens with zero attached hydrogens (tertiary/aromatic N) is 4. The number of allylic oxidation sites excluding steroid dienone is 5. The van der Waals surface area contributed by atoms with Crippen molar-refractivity contribution in [3.05, 3.63) is 396 Å². The first-order valence-corrected chi connectivity index (χ1v) is 31.7. The molecule has 12 aromatic carbocycles. The molecule has 3 heterocycles. The van der Waals surface area contributed by atoms with E-state index in [2.05, 4.69) is 356 Å². The highest BCUT2D eigenvalue weighted by Gasteiger charge is 2.36. The maximum Gasteiger partial charge on any atom is 0.160 e. The second kappa shape index (κ2) is 24.6. The van der Waals surface area contributed by atoms with Gasteiger partial charge in [0, 0.05) is 44.8 Å². The van der Waals surface area contributed by atoms with Gasteiger partial charge in [-0.1, -0.05) is 315 Å². The molecule has 436 valence electrons. The summed E-state index contributed by atoms with van der Waals surface area (Å²) in [6.07, 6.45) is 7.71. The highest BCUT2D eigenvalue weighted by molar-refractivity contribution is 6.22. The van der Waals surface area contributed by atoms with Crippen LogP contribution in [0.5, 0.6) is 0 Å². The Morgan fingerprint density at radius 1 is 0.380 bits per heavy atom. The zero-order chi connectivity index (χ0) is 61.2. The average molecular weight is 1180 g/mol. The fourth-order valence-electron chi connectivity index (χ4n) is 13.7. The molecule has 3 atom stereocenters. The number of nitrogens with one attached hydrogen (secondary N) is 1. The number of hydrogen-bond acceptors (Lipinski definition) is 5. The predicted octanol–water partition coefficient (Wildman–Crippen LogP) is 21.2. The lowest BCUT2D eigenvalue weighted by Crippen LogP contribution is -2.28. The summed E-state index contributed by atoms with van der Waals surface area (Å²) in [6.45, 7) is 0. The molecule has 92 heavy (non-hydrogen) atoms. The zero-order valence-corrected chi connectivity index (χ0v) is 50.6. The van der Waals surface area contributed by atoms with E-state index >= 15 is 0 Å². The van der Waals surface area contributed by atoms with E-state index in [1.54, 1.807) is 0 Å². The second-order valence-corrected chi connectivity index (χ2v) is 23.8. The van der Waals surface area contributed by atoms with Gasteiger partial charge in [0.25, 0.3) is 0 Å². The Morgan fingerprint density at radius 2 is 0.913 bits per heavy atom. The number of anilines is 1. The largest absolute Gasteiger partial charge is 0.359 e. The minimum absolute atomic E-state index is 0.0924. The summed E-state index contributed by atoms with van der Waals surface area (Å²) < 4.78 is 0. The van der Waals surface area contributed by atoms with E-state index in [0.717, 1.165) is 124 Å². The van der Waals surface area contributed by atoms with Crippen LogP contribution in [0.3, 0.4) is 0 Å². The Morgan fingerprint density at radius 3 is 1.55 bits per heavy atom. The second-order valence-electron chi connectivity index (χ2n) is 23.8. The van der Waals surface area contributed by atoms with Crippen molar-refractivity contribution in [2.75, 3.05) is 4.90 Å². The Labute approximate surface area is 537 Å². The quantitative estimate of drug-likeness (QED) is 0.118. The minimum Gasteiger partial charge on any atom is -0.359 e. The Kier molecular flexibility index (Phi) is 14.9. The van der Waals surface area contributed by atoms with E-state index in [1.165, 1.54) is 22.3 Å². The topological polar surface area (TPSA) is 53.4 Å². The van der Waals surface area contributed by atoms with Gasteiger partial charge in [0.1, 0.15) is 6.17 Å². The van der Waals surface area contributed by atoms with E-state index in [0.29, 0.717) is 5.82 Å². The highest BCUT2D eigenvalue weighted by atomic mass is 15.3. The molecule has 13 aromatic rings. The van der Waals surface area contributed by atoms with Crippen molar-refractivity contribution in [2.24, 2.45) is 4.99 Å². The van der Waals surface area contributed by atoms with Gasteiger partial charge in [-0.3, -0.25) is 4.99 Å². The van der Waals surface area contributed by atoms with Crippen molar-refractivity contribution < 1.29 is 0 Å². The van der Waals surface area contributed by atoms with Gasteiger partial charge in [-0.25, -0.2) is 9.97 Å². The van der Waals surface area contributed by atoms with Gasteiger partial charge >= 0.3 is 0 Å². The summed E-state index contributed by atoms with van der Waals surface area (Å²) in [5, 5.41) is 5.01. The van der Waals surface area contributed by atoms with Crippen molar-refractivity contribution in [1.82, 2.24) is 15.3 Å². The van der Waals surface area contributed by atoms with Gasteiger partial charge in [0.2, 0.25) is 0 Å². The number of aromatic nitrogens is 2. The molecule has 0 spiro atoms. The predicted molar refractivity (Wildman–Crippen MR) is 382 cm³/mol. The maximum atomic E-state index is 5.79. The van der Waals surface area contributed by atoms with Crippen LogP contribution in [0.1, 0.15) is 74.5 Å². The number of hydrogen-bond donors (Lipinski definition) is 1. The molecule has 1 N–H and O–H groups in total. The van der Waals surface area contributed by atoms with Crippen LogP contribution in [0, 0.1) is 0 Å². The van der Waals surface area contributed by atoms with E-state index in [-0.39, 0.29) is 18.0 Å². The molecule has 0 saturated carbocycles. The van der Waals surface area contributed by atoms with Crippen LogP contribution in [0.15, 0.2) is 351 Å². The van der Waals surface area contributed by atoms with Gasteiger partial charge in [-0.15, -0.1) is 0 Å². The summed E-state index contributed by atoms with van der Waals surface area (Å²) in [5.74, 6) is 0.580. The molecule has 0 bridgehead atoms. The molecule has 0 amide bonds. The summed E-state index contributed by atoms with van der Waals surface area (Å²) in [5.41, 5.74) is 26.0. The Hall–Kier alpha value is -11.8. The van der Waals surface area contributed by atoms with E-state index in [9.17, 15) is 0 Å². The molecule has 3 unspecified atom stereocenters. The minimum atomic E-state index is -0.194. The van der Waals surface area contributed by atoms with Crippen LogP contribution >= 0.6 is 0 Å². The average Bonchev–Trinajstić information content (AvgIpc) is 1.22. The van der Waals surface area contributed by atoms with Gasteiger partial charge < -0.3 is 10.2 Å². The highest BCUT2D eigenvalue weighted by Crippen LogP contribution is 2.49. The van der Waals surface area contributed by atoms with Crippen LogP contribution in [0.4, 0.5) is 5.69 Å². The molecule has 1 aromatic heterocycles. The van der Waals surface area contributed by atoms with E-state index in [4.69, 9.17) is 15.0 Å². The monoisotopic (exact) mass is 1180 g/mol. The Balaban J connectivity index is 0.896. The number of rotatable bonds is 14. The smallest absolute Gasteiger partial charge is 0.160 e. The van der Waals surface area contributed by atoms with Gasteiger partial charge in [-0.05, 0) is 104 Å². The third-order valence-electron chi connectivity index (χ3n) is 18.1. The number of fused-ring (bicyclic) bond motifs is 1. The summed E-state index contributed by atoms with van der Waals surface area (Å²) in [4.78, 5) is 19.6. The molecule has 16 rings (SSSR count). The fourth-order valence-corrected chi connectivity index (χ4v) is 13.7. The van der Waals surface area contributed by atoms with Crippen molar-refractivity contribution in [1.29, 1.82) is 0 Å². The zero-order valence-electron chi connectivity index (χ0n) is 50.6. The molecule has 0 radical (unpaired) electrons. The molecule has 0 saturated heterocycles. The summed E-state index contributed by atoms with van der Waals surface area (Å²) >= 11 is 0. The van der Waals surface area contributed by atoms with Crippen molar-refractivity contribution >= 4 is 50.5 Å². The van der Waals surface area contributed by atoms with Crippen LogP contribution in [-0.4, -0.2) is 15.7 Å². The molecule has 0 fully saturated rings. The SMILES string of the molecule is C1=CC(c2ccccc2)=CC(c2cc(-c3cccc(-c4ccccc4)c3)c3nc(-c4ccc(C5C(c6ccccc6)=NC(c6ccccc6)=C5c5ccccc5)cc4)nc(-c4ccc(N5C(c6ccccc6)=C(c6ccccc6)NC5c5ccccc5)cc4)c3c2)C1. The summed E-state index contributed by atoms with van der Waals surface area (Å²) in [6, 6.07) is 117. The molecule has 3 aliphatic rings. The molecule has 1 aliphatic carbocycles. The van der Waals surface area contributed by atoms with Crippen LogP contribution in [-0.2, 0) is 0 Å². The molecule has 2 aliphatic heterocycles. The van der Waals surface area contributed by atoms with E-state index in [1.807, 2.05) is 0 Å². The maximum absolute atomic E-state index is 5.79. The van der Waals surface area contributed by atoms with Crippen LogP contribution < -0.4 is 10.2 Å². The standard InChI is InChI=1S/C87H63N5/c1-9-27-59(28-10-1)70-43-25-45-72(55-70)74-57-76(73-46-26-44-71(56-73)60-29-11-2-12-30-60)84-77(58-74)80(66-51-53-75(54-52-66)92-85(67-39-21-7-22-40-67)83(65-37-19-6-20-38-65)91-87(92)69-41-23-8-24-42-69)89-86(90-84)68-49-47-62(48-50-68)79-78(61-31-13-3-14-32-61)81(63-33-15-4-16-34-63)88-82(79)64-35-17-5-18-36-64/h1-44,46-58,72,79,87,91H,45H2. The van der Waals surface area contributed by atoms with Crippen LogP contribution in [0.25, 0.3) is 84.0 Å². The summed E-state index contributed by atoms with van der Waals surface area (Å²) in [7, 11) is 0. The third-order valence-corrected chi connectivity index (χ3v) is 18.1. The van der Waals surface area contributed by atoms with Crippen molar-refractivity contribution in [3.8, 4) is 44.9 Å². The first-order chi connectivity index (χ1) is 45.6. The lowest BCUT2D eigenvalue weighted by molar-refractivity contribution is 0.679. The lowest BCUT2D eigenvalue weighted by atomic mass is 9.81. The third kappa shape index (κ3) is 10.8. The number of benzene rings is 12. The molecular weight excluding hydrogens is 1110 g/mol. The number of aliphatic imine (C=N–C) groups is 1. The van der Waals surface area contributed by atoms with Crippen molar-refractivity contribution in [2.45, 2.75) is 24.4 Å². The fraction of sp³-hybridized carbons (Fsp3) is 0.0460. The first-order valence-electron chi connectivity index (χ1n) is 31.7. The van der Waals surface area contributed by atoms with E-state index < -0.39 is 0 Å². The molecule has 5 nitrogen and oxygen atoms in total. The van der Waals surface area contributed by atoms with Gasteiger partial charge in [-0.2, -0.15) is 0 Å². The Bertz CT molecular complexity index is 4970. The first kappa shape index (κ1) is 55.5. The van der Waals surface area contributed by atoms with Crippen LogP contribution in [0.2, 0.25) is 0 Å².